The molecule has 4 nitrogen and oxygen atoms in total. The summed E-state index contributed by atoms with van der Waals surface area (Å²) in [5.41, 5.74) is -0.170. The van der Waals surface area contributed by atoms with Crippen LogP contribution in [0.25, 0.3) is 0 Å². The number of carboxylic acid groups (broad SMARTS) is 1. The lowest BCUT2D eigenvalue weighted by Gasteiger charge is -2.23. The van der Waals surface area contributed by atoms with Crippen LogP contribution in [0.3, 0.4) is 0 Å². The van der Waals surface area contributed by atoms with Crippen LogP contribution in [0.15, 0.2) is 18.2 Å². The molecule has 1 aromatic rings. The molecule has 0 aliphatic rings. The van der Waals surface area contributed by atoms with E-state index in [1.54, 1.807) is 0 Å². The van der Waals surface area contributed by atoms with E-state index in [1.165, 1.54) is 6.07 Å². The maximum atomic E-state index is 13.0. The van der Waals surface area contributed by atoms with Gasteiger partial charge in [0.25, 0.3) is 5.91 Å². The molecule has 1 rings (SSSR count). The van der Waals surface area contributed by atoms with E-state index >= 15 is 0 Å². The minimum Gasteiger partial charge on any atom is -0.481 e. The van der Waals surface area contributed by atoms with E-state index in [-0.39, 0.29) is 17.4 Å². The zero-order valence-corrected chi connectivity index (χ0v) is 12.1. The monoisotopic (exact) mass is 299 g/mol. The van der Waals surface area contributed by atoms with Gasteiger partial charge in [-0.2, -0.15) is 0 Å². The first kappa shape index (κ1) is 17.1. The Morgan fingerprint density at radius 2 is 1.86 bits per heavy atom. The standard InChI is InChI=1S/C15H19F2NO3/c1-15(2,6-5-13(19)20)7-8-18-14(21)10-3-4-11(16)12(17)9-10/h3-4,9H,5-8H2,1-2H3,(H,18,21)(H,19,20). The first-order valence-electron chi connectivity index (χ1n) is 6.66. The fraction of sp³-hybridized carbons (Fsp3) is 0.467. The van der Waals surface area contributed by atoms with Crippen LogP contribution in [0.2, 0.25) is 0 Å². The van der Waals surface area contributed by atoms with E-state index in [4.69, 9.17) is 5.11 Å². The van der Waals surface area contributed by atoms with Crippen LogP contribution in [0.1, 0.15) is 43.5 Å². The summed E-state index contributed by atoms with van der Waals surface area (Å²) in [5, 5.41) is 11.3. The van der Waals surface area contributed by atoms with Crippen molar-refractivity contribution in [3.05, 3.63) is 35.4 Å². The highest BCUT2D eigenvalue weighted by Crippen LogP contribution is 2.26. The van der Waals surface area contributed by atoms with Crippen LogP contribution in [-0.4, -0.2) is 23.5 Å². The third-order valence-electron chi connectivity index (χ3n) is 3.28. The highest BCUT2D eigenvalue weighted by molar-refractivity contribution is 5.94. The minimum absolute atomic E-state index is 0.0530. The van der Waals surface area contributed by atoms with Gasteiger partial charge >= 0.3 is 5.97 Å². The van der Waals surface area contributed by atoms with Gasteiger partial charge < -0.3 is 10.4 Å². The van der Waals surface area contributed by atoms with Crippen LogP contribution in [0.4, 0.5) is 8.78 Å². The van der Waals surface area contributed by atoms with E-state index in [0.717, 1.165) is 12.1 Å². The van der Waals surface area contributed by atoms with Crippen molar-refractivity contribution in [1.29, 1.82) is 0 Å². The largest absolute Gasteiger partial charge is 0.481 e. The summed E-state index contributed by atoms with van der Waals surface area (Å²) < 4.78 is 25.8. The van der Waals surface area contributed by atoms with E-state index in [0.29, 0.717) is 19.4 Å². The van der Waals surface area contributed by atoms with Gasteiger partial charge in [0.05, 0.1) is 0 Å². The summed E-state index contributed by atoms with van der Waals surface area (Å²) in [6.45, 7) is 4.17. The Morgan fingerprint density at radius 3 is 2.43 bits per heavy atom. The van der Waals surface area contributed by atoms with Crippen molar-refractivity contribution in [1.82, 2.24) is 5.32 Å². The van der Waals surface area contributed by atoms with Crippen molar-refractivity contribution in [3.63, 3.8) is 0 Å². The molecule has 1 amide bonds. The lowest BCUT2D eigenvalue weighted by molar-refractivity contribution is -0.137. The maximum Gasteiger partial charge on any atom is 0.303 e. The summed E-state index contributed by atoms with van der Waals surface area (Å²) in [7, 11) is 0. The number of carboxylic acids is 1. The molecule has 6 heteroatoms. The Morgan fingerprint density at radius 1 is 1.19 bits per heavy atom. The first-order valence-corrected chi connectivity index (χ1v) is 6.66. The van der Waals surface area contributed by atoms with E-state index in [9.17, 15) is 18.4 Å². The molecule has 0 aliphatic carbocycles. The molecule has 0 fully saturated rings. The summed E-state index contributed by atoms with van der Waals surface area (Å²) in [6.07, 6.45) is 1.17. The van der Waals surface area contributed by atoms with Crippen LogP contribution in [0.5, 0.6) is 0 Å². The molecule has 2 N–H and O–H groups in total. The molecular weight excluding hydrogens is 280 g/mol. The summed E-state index contributed by atoms with van der Waals surface area (Å²) in [5.74, 6) is -3.40. The fourth-order valence-electron chi connectivity index (χ4n) is 1.82. The normalized spacial score (nSPS) is 11.2. The molecule has 21 heavy (non-hydrogen) atoms. The quantitative estimate of drug-likeness (QED) is 0.813. The summed E-state index contributed by atoms with van der Waals surface area (Å²) in [4.78, 5) is 22.3. The van der Waals surface area contributed by atoms with Crippen LogP contribution < -0.4 is 5.32 Å². The van der Waals surface area contributed by atoms with Crippen molar-refractivity contribution in [2.45, 2.75) is 33.1 Å². The third-order valence-corrected chi connectivity index (χ3v) is 3.28. The number of benzene rings is 1. The van der Waals surface area contributed by atoms with E-state index < -0.39 is 23.5 Å². The summed E-state index contributed by atoms with van der Waals surface area (Å²) in [6, 6.07) is 2.96. The molecule has 1 aromatic carbocycles. The number of hydrogen-bond acceptors (Lipinski definition) is 2. The highest BCUT2D eigenvalue weighted by Gasteiger charge is 2.19. The van der Waals surface area contributed by atoms with Gasteiger partial charge in [0.2, 0.25) is 0 Å². The zero-order chi connectivity index (χ0) is 16.0. The van der Waals surface area contributed by atoms with E-state index in [1.807, 2.05) is 13.8 Å². The summed E-state index contributed by atoms with van der Waals surface area (Å²) >= 11 is 0. The van der Waals surface area contributed by atoms with Gasteiger partial charge in [-0.1, -0.05) is 13.8 Å². The maximum absolute atomic E-state index is 13.0. The number of hydrogen-bond donors (Lipinski definition) is 2. The molecule has 0 atom stereocenters. The molecule has 0 aliphatic heterocycles. The SMILES string of the molecule is CC(C)(CCNC(=O)c1ccc(F)c(F)c1)CCC(=O)O. The second kappa shape index (κ2) is 7.15. The van der Waals surface area contributed by atoms with Crippen LogP contribution in [0, 0.1) is 17.0 Å². The Bertz CT molecular complexity index is 530. The fourth-order valence-corrected chi connectivity index (χ4v) is 1.82. The minimum atomic E-state index is -1.07. The average Bonchev–Trinajstić information content (AvgIpc) is 2.39. The van der Waals surface area contributed by atoms with Crippen LogP contribution in [-0.2, 0) is 4.79 Å². The third kappa shape index (κ3) is 5.89. The molecule has 0 saturated carbocycles. The van der Waals surface area contributed by atoms with Gasteiger partial charge in [-0.3, -0.25) is 9.59 Å². The number of carbonyl (C=O) groups is 2. The van der Waals surface area contributed by atoms with Crippen molar-refractivity contribution >= 4 is 11.9 Å². The predicted molar refractivity (Wildman–Crippen MR) is 74.0 cm³/mol. The molecule has 0 bridgehead atoms. The lowest BCUT2D eigenvalue weighted by Crippen LogP contribution is -2.28. The molecule has 0 aromatic heterocycles. The number of rotatable bonds is 7. The van der Waals surface area contributed by atoms with Gasteiger partial charge in [-0.25, -0.2) is 8.78 Å². The first-order chi connectivity index (χ1) is 9.71. The van der Waals surface area contributed by atoms with Crippen molar-refractivity contribution in [2.75, 3.05) is 6.54 Å². The zero-order valence-electron chi connectivity index (χ0n) is 12.1. The average molecular weight is 299 g/mol. The van der Waals surface area contributed by atoms with Crippen molar-refractivity contribution in [2.24, 2.45) is 5.41 Å². The van der Waals surface area contributed by atoms with Crippen molar-refractivity contribution < 1.29 is 23.5 Å². The van der Waals surface area contributed by atoms with E-state index in [2.05, 4.69) is 5.32 Å². The highest BCUT2D eigenvalue weighted by atomic mass is 19.2. The molecule has 0 unspecified atom stereocenters. The number of nitrogens with one attached hydrogen (secondary N) is 1. The van der Waals surface area contributed by atoms with Crippen LogP contribution >= 0.6 is 0 Å². The Labute approximate surface area is 122 Å². The molecule has 0 spiro atoms. The van der Waals surface area contributed by atoms with Crippen molar-refractivity contribution in [3.8, 4) is 0 Å². The second-order valence-corrected chi connectivity index (χ2v) is 5.69. The molecule has 116 valence electrons. The topological polar surface area (TPSA) is 66.4 Å². The Hall–Kier alpha value is -1.98. The lowest BCUT2D eigenvalue weighted by atomic mass is 9.84. The van der Waals surface area contributed by atoms with Gasteiger partial charge in [0.1, 0.15) is 0 Å². The number of amides is 1. The number of aliphatic carboxylic acids is 1. The molecule has 0 saturated heterocycles. The van der Waals surface area contributed by atoms with Gasteiger partial charge in [-0.05, 0) is 36.5 Å². The Kier molecular flexibility index (Phi) is 5.81. The number of halogens is 2. The second-order valence-electron chi connectivity index (χ2n) is 5.69. The molecule has 0 radical (unpaired) electrons. The predicted octanol–water partition coefficient (Wildman–Crippen LogP) is 2.98. The Balaban J connectivity index is 2.46. The van der Waals surface area contributed by atoms with Gasteiger partial charge in [0.15, 0.2) is 11.6 Å². The molecular formula is C15H19F2NO3. The van der Waals surface area contributed by atoms with Gasteiger partial charge in [0, 0.05) is 18.5 Å². The number of carbonyl (C=O) groups excluding carboxylic acids is 1. The smallest absolute Gasteiger partial charge is 0.303 e. The molecule has 0 heterocycles. The van der Waals surface area contributed by atoms with Gasteiger partial charge in [-0.15, -0.1) is 0 Å².